The van der Waals surface area contributed by atoms with Crippen molar-refractivity contribution in [3.8, 4) is 11.3 Å². The fourth-order valence-corrected chi connectivity index (χ4v) is 4.34. The Morgan fingerprint density at radius 2 is 1.65 bits per heavy atom. The normalized spacial score (nSPS) is 16.2. The van der Waals surface area contributed by atoms with Gasteiger partial charge in [0.25, 0.3) is 5.91 Å². The zero-order chi connectivity index (χ0) is 28.6. The highest BCUT2D eigenvalue weighted by Gasteiger charge is 2.26. The second kappa shape index (κ2) is 14.8. The molecule has 0 atom stereocenters. The zero-order valence-electron chi connectivity index (χ0n) is 23.1. The van der Waals surface area contributed by atoms with Gasteiger partial charge in [-0.25, -0.2) is 14.0 Å². The number of benzene rings is 1. The quantitative estimate of drug-likeness (QED) is 0.486. The Morgan fingerprint density at radius 1 is 1.02 bits per heavy atom. The lowest BCUT2D eigenvalue weighted by atomic mass is 10.0. The van der Waals surface area contributed by atoms with Gasteiger partial charge in [-0.05, 0) is 70.7 Å². The van der Waals surface area contributed by atoms with Gasteiger partial charge in [0, 0.05) is 50.0 Å². The second-order valence-corrected chi connectivity index (χ2v) is 10.7. The molecule has 2 aromatic rings. The maximum Gasteiger partial charge on any atom is 0.410 e. The third-order valence-corrected chi connectivity index (χ3v) is 6.44. The van der Waals surface area contributed by atoms with Crippen LogP contribution in [0.3, 0.4) is 0 Å². The van der Waals surface area contributed by atoms with E-state index in [4.69, 9.17) is 15.6 Å². The van der Waals surface area contributed by atoms with Crippen molar-refractivity contribution in [2.24, 2.45) is 5.73 Å². The fourth-order valence-electron chi connectivity index (χ4n) is 4.34. The lowest BCUT2D eigenvalue weighted by Crippen LogP contribution is -2.46. The third kappa shape index (κ3) is 9.95. The van der Waals surface area contributed by atoms with E-state index in [1.165, 1.54) is 17.0 Å². The predicted octanol–water partition coefficient (Wildman–Crippen LogP) is 4.53. The van der Waals surface area contributed by atoms with E-state index in [0.29, 0.717) is 42.8 Å². The number of carbonyl (C=O) groups excluding carboxylic acids is 2. The number of hydrogen-bond acceptors (Lipinski definition) is 6. The summed E-state index contributed by atoms with van der Waals surface area (Å²) in [7, 11) is 0. The van der Waals surface area contributed by atoms with E-state index in [-0.39, 0.29) is 36.5 Å². The molecular formula is C28H39ClFN5O5. The molecule has 0 radical (unpaired) electrons. The van der Waals surface area contributed by atoms with Crippen molar-refractivity contribution in [1.29, 1.82) is 0 Å². The first-order valence-electron chi connectivity index (χ1n) is 13.2. The number of halogens is 2. The molecule has 0 saturated carbocycles. The number of nitrogens with one attached hydrogen (secondary N) is 1. The van der Waals surface area contributed by atoms with Gasteiger partial charge < -0.3 is 30.7 Å². The number of piperidine rings is 2. The van der Waals surface area contributed by atoms with Crippen molar-refractivity contribution >= 4 is 30.5 Å². The van der Waals surface area contributed by atoms with Crippen LogP contribution in [-0.4, -0.2) is 81.8 Å². The number of nitrogens with two attached hydrogens (primary N) is 1. The molecule has 3 amide bonds. The second-order valence-electron chi connectivity index (χ2n) is 10.7. The topological polar surface area (TPSA) is 138 Å². The number of likely N-dealkylation sites (tertiary alicyclic amines) is 2. The molecule has 2 fully saturated rings. The number of rotatable bonds is 3. The van der Waals surface area contributed by atoms with Crippen LogP contribution in [0.5, 0.6) is 0 Å². The summed E-state index contributed by atoms with van der Waals surface area (Å²) in [4.78, 5) is 42.4. The molecule has 4 N–H and O–H groups in total. The lowest BCUT2D eigenvalue weighted by molar-refractivity contribution is 0.0206. The summed E-state index contributed by atoms with van der Waals surface area (Å²) >= 11 is 0. The van der Waals surface area contributed by atoms with Gasteiger partial charge in [-0.1, -0.05) is 12.1 Å². The van der Waals surface area contributed by atoms with Crippen LogP contribution in [0, 0.1) is 5.82 Å². The largest absolute Gasteiger partial charge is 0.465 e. The van der Waals surface area contributed by atoms with E-state index < -0.39 is 17.5 Å². The molecule has 2 aliphatic rings. The standard InChI is InChI=1S/C18H18FN3O3.C10H20N2O2.ClH/c19-13-4-1-3-12(11-13)16-15(5-2-8-20-16)17(23)21-14-6-9-22(10-7-14)18(24)25;1-10(2,3)14-9(13)12-6-4-8(11)5-7-12;/h1-5,8,11,14H,6-7,9-10H2,(H,21,23)(H,24,25);8H,4-7,11H2,1-3H3;1H. The molecule has 1 aromatic heterocycles. The monoisotopic (exact) mass is 579 g/mol. The molecule has 0 unspecified atom stereocenters. The number of aromatic nitrogens is 1. The molecule has 1 aromatic carbocycles. The van der Waals surface area contributed by atoms with Crippen LogP contribution in [0.25, 0.3) is 11.3 Å². The summed E-state index contributed by atoms with van der Waals surface area (Å²) in [5, 5.41) is 11.9. The molecule has 10 nitrogen and oxygen atoms in total. The van der Waals surface area contributed by atoms with Crippen LogP contribution in [0.4, 0.5) is 14.0 Å². The van der Waals surface area contributed by atoms with Crippen LogP contribution in [0.2, 0.25) is 0 Å². The van der Waals surface area contributed by atoms with Crippen LogP contribution < -0.4 is 11.1 Å². The third-order valence-electron chi connectivity index (χ3n) is 6.44. The average molecular weight is 580 g/mol. The Balaban J connectivity index is 0.000000320. The summed E-state index contributed by atoms with van der Waals surface area (Å²) in [6.07, 6.45) is 3.28. The van der Waals surface area contributed by atoms with E-state index >= 15 is 0 Å². The van der Waals surface area contributed by atoms with Crippen molar-refractivity contribution in [3.05, 3.63) is 54.0 Å². The van der Waals surface area contributed by atoms with E-state index in [1.54, 1.807) is 35.4 Å². The maximum absolute atomic E-state index is 13.5. The van der Waals surface area contributed by atoms with Crippen molar-refractivity contribution < 1.29 is 28.6 Å². The van der Waals surface area contributed by atoms with Crippen molar-refractivity contribution in [2.75, 3.05) is 26.2 Å². The van der Waals surface area contributed by atoms with Gasteiger partial charge in [0.1, 0.15) is 11.4 Å². The molecule has 0 aliphatic carbocycles. The van der Waals surface area contributed by atoms with E-state index in [0.717, 1.165) is 25.9 Å². The van der Waals surface area contributed by atoms with Crippen LogP contribution in [0.15, 0.2) is 42.6 Å². The summed E-state index contributed by atoms with van der Waals surface area (Å²) in [6, 6.07) is 9.40. The Hall–Kier alpha value is -3.44. The Bertz CT molecular complexity index is 1150. The van der Waals surface area contributed by atoms with Gasteiger partial charge in [0.05, 0.1) is 11.3 Å². The number of pyridine rings is 1. The van der Waals surface area contributed by atoms with Crippen molar-refractivity contribution in [2.45, 2.75) is 64.1 Å². The molecule has 12 heteroatoms. The summed E-state index contributed by atoms with van der Waals surface area (Å²) in [5.74, 6) is -0.684. The van der Waals surface area contributed by atoms with E-state index in [1.807, 2.05) is 20.8 Å². The first-order valence-corrected chi connectivity index (χ1v) is 13.2. The smallest absolute Gasteiger partial charge is 0.410 e. The van der Waals surface area contributed by atoms with Gasteiger partial charge in [-0.15, -0.1) is 12.4 Å². The first kappa shape index (κ1) is 32.8. The lowest BCUT2D eigenvalue weighted by Gasteiger charge is -2.32. The van der Waals surface area contributed by atoms with Gasteiger partial charge in [0.15, 0.2) is 0 Å². The SMILES string of the molecule is CC(C)(C)OC(=O)N1CCC(N)CC1.Cl.O=C(NC1CCN(C(=O)O)CC1)c1cccnc1-c1cccc(F)c1. The minimum Gasteiger partial charge on any atom is -0.465 e. The Kier molecular flexibility index (Phi) is 12.1. The first-order chi connectivity index (χ1) is 18.4. The molecule has 40 heavy (non-hydrogen) atoms. The molecule has 0 spiro atoms. The maximum atomic E-state index is 13.5. The van der Waals surface area contributed by atoms with E-state index in [9.17, 15) is 18.8 Å². The Labute approximate surface area is 240 Å². The van der Waals surface area contributed by atoms with Gasteiger partial charge >= 0.3 is 12.2 Å². The van der Waals surface area contributed by atoms with Gasteiger partial charge in [-0.3, -0.25) is 9.78 Å². The number of nitrogens with zero attached hydrogens (tertiary/aromatic N) is 3. The summed E-state index contributed by atoms with van der Waals surface area (Å²) in [6.45, 7) is 7.85. The van der Waals surface area contributed by atoms with Gasteiger partial charge in [-0.2, -0.15) is 0 Å². The molecule has 220 valence electrons. The van der Waals surface area contributed by atoms with Crippen LogP contribution in [-0.2, 0) is 4.74 Å². The number of ether oxygens (including phenoxy) is 1. The summed E-state index contributed by atoms with van der Waals surface area (Å²) < 4.78 is 18.7. The molecular weight excluding hydrogens is 541 g/mol. The number of amides is 3. The fraction of sp³-hybridized carbons (Fsp3) is 0.500. The van der Waals surface area contributed by atoms with E-state index in [2.05, 4.69) is 10.3 Å². The number of hydrogen-bond donors (Lipinski definition) is 3. The number of carbonyl (C=O) groups is 3. The molecule has 4 rings (SSSR count). The van der Waals surface area contributed by atoms with Crippen molar-refractivity contribution in [3.63, 3.8) is 0 Å². The molecule has 0 bridgehead atoms. The number of carboxylic acid groups (broad SMARTS) is 1. The average Bonchev–Trinajstić information content (AvgIpc) is 2.89. The highest BCUT2D eigenvalue weighted by molar-refractivity contribution is 6.00. The molecule has 3 heterocycles. The predicted molar refractivity (Wildman–Crippen MR) is 152 cm³/mol. The summed E-state index contributed by atoms with van der Waals surface area (Å²) in [5.41, 5.74) is 6.66. The van der Waals surface area contributed by atoms with Crippen molar-refractivity contribution in [1.82, 2.24) is 20.1 Å². The highest BCUT2D eigenvalue weighted by atomic mass is 35.5. The molecule has 2 aliphatic heterocycles. The molecule has 2 saturated heterocycles. The van der Waals surface area contributed by atoms with Crippen LogP contribution >= 0.6 is 12.4 Å². The minimum atomic E-state index is -0.939. The minimum absolute atomic E-state index is 0. The zero-order valence-corrected chi connectivity index (χ0v) is 24.0. The Morgan fingerprint density at radius 3 is 2.23 bits per heavy atom. The van der Waals surface area contributed by atoms with Gasteiger partial charge in [0.2, 0.25) is 0 Å². The van der Waals surface area contributed by atoms with Crippen LogP contribution in [0.1, 0.15) is 56.8 Å². The highest BCUT2D eigenvalue weighted by Crippen LogP contribution is 2.22.